The number of nitrogens with two attached hydrogens (primary N) is 1. The Labute approximate surface area is 148 Å². The third-order valence-corrected chi connectivity index (χ3v) is 5.36. The van der Waals surface area contributed by atoms with Crippen molar-refractivity contribution >= 4 is 5.91 Å². The highest BCUT2D eigenvalue weighted by Crippen LogP contribution is 2.42. The van der Waals surface area contributed by atoms with E-state index in [1.807, 2.05) is 0 Å². The van der Waals surface area contributed by atoms with Gasteiger partial charge in [0.15, 0.2) is 5.69 Å². The van der Waals surface area contributed by atoms with Crippen LogP contribution in [-0.2, 0) is 11.3 Å². The van der Waals surface area contributed by atoms with Crippen molar-refractivity contribution in [1.82, 2.24) is 9.88 Å². The fourth-order valence-corrected chi connectivity index (χ4v) is 3.79. The van der Waals surface area contributed by atoms with Gasteiger partial charge in [-0.2, -0.15) is 0 Å². The van der Waals surface area contributed by atoms with Crippen molar-refractivity contribution in [3.8, 4) is 0 Å². The Balaban J connectivity index is 1.65. The third-order valence-electron chi connectivity index (χ3n) is 5.36. The van der Waals surface area contributed by atoms with Crippen molar-refractivity contribution in [3.63, 3.8) is 0 Å². The van der Waals surface area contributed by atoms with Gasteiger partial charge in [0.25, 0.3) is 5.91 Å². The molecule has 0 unspecified atom stereocenters. The first-order valence-electron chi connectivity index (χ1n) is 9.02. The van der Waals surface area contributed by atoms with Crippen molar-refractivity contribution in [2.45, 2.75) is 70.8 Å². The minimum absolute atomic E-state index is 0.0132. The number of rotatable bonds is 2. The average Bonchev–Trinajstić information content (AvgIpc) is 3.02. The zero-order valence-corrected chi connectivity index (χ0v) is 15.3. The Kier molecular flexibility index (Phi) is 4.92. The van der Waals surface area contributed by atoms with Crippen LogP contribution in [0.4, 0.5) is 0 Å². The highest BCUT2D eigenvalue weighted by Gasteiger charge is 2.46. The molecule has 0 aromatic carbocycles. The first kappa shape index (κ1) is 18.4. The van der Waals surface area contributed by atoms with Crippen LogP contribution in [0.15, 0.2) is 10.7 Å². The van der Waals surface area contributed by atoms with Gasteiger partial charge in [-0.25, -0.2) is 4.98 Å². The summed E-state index contributed by atoms with van der Waals surface area (Å²) in [5.41, 5.74) is 5.43. The molecule has 3 rings (SSSR count). The maximum atomic E-state index is 12.6. The summed E-state index contributed by atoms with van der Waals surface area (Å²) >= 11 is 0. The lowest BCUT2D eigenvalue weighted by molar-refractivity contribution is -0.205. The van der Waals surface area contributed by atoms with Crippen LogP contribution in [0.5, 0.6) is 0 Å². The number of carbonyl (C=O) groups excluding carboxylic acids is 1. The minimum atomic E-state index is -0.345. The molecule has 7 heteroatoms. The predicted octanol–water partition coefficient (Wildman–Crippen LogP) is 1.69. The van der Waals surface area contributed by atoms with E-state index in [-0.39, 0.29) is 35.7 Å². The molecule has 0 saturated carbocycles. The summed E-state index contributed by atoms with van der Waals surface area (Å²) in [5.74, 6) is 0.227. The van der Waals surface area contributed by atoms with Gasteiger partial charge in [0, 0.05) is 25.9 Å². The van der Waals surface area contributed by atoms with E-state index in [1.165, 1.54) is 6.26 Å². The predicted molar refractivity (Wildman–Crippen MR) is 91.8 cm³/mol. The van der Waals surface area contributed by atoms with Gasteiger partial charge in [-0.05, 0) is 18.3 Å². The summed E-state index contributed by atoms with van der Waals surface area (Å²) in [6.45, 7) is 7.78. The van der Waals surface area contributed by atoms with Crippen LogP contribution in [0.25, 0.3) is 0 Å². The molecule has 1 amide bonds. The fraction of sp³-hybridized carbons (Fsp3) is 0.778. The van der Waals surface area contributed by atoms with Gasteiger partial charge in [-0.1, -0.05) is 20.8 Å². The molecule has 2 atom stereocenters. The second kappa shape index (κ2) is 6.70. The summed E-state index contributed by atoms with van der Waals surface area (Å²) in [6.07, 6.45) is 3.82. The minimum Gasteiger partial charge on any atom is -0.447 e. The van der Waals surface area contributed by atoms with E-state index >= 15 is 0 Å². The van der Waals surface area contributed by atoms with Gasteiger partial charge < -0.3 is 24.9 Å². The molecule has 1 aromatic heterocycles. The quantitative estimate of drug-likeness (QED) is 0.841. The summed E-state index contributed by atoms with van der Waals surface area (Å²) in [5, 5.41) is 10.3. The number of aliphatic hydroxyl groups excluding tert-OH is 1. The summed E-state index contributed by atoms with van der Waals surface area (Å²) in [6, 6.07) is 0. The van der Waals surface area contributed by atoms with E-state index in [4.69, 9.17) is 14.9 Å². The molecule has 25 heavy (non-hydrogen) atoms. The fourth-order valence-electron chi connectivity index (χ4n) is 3.79. The number of aromatic nitrogens is 1. The second-order valence-electron chi connectivity index (χ2n) is 8.37. The molecule has 1 aromatic rings. The van der Waals surface area contributed by atoms with E-state index in [2.05, 4.69) is 25.8 Å². The lowest BCUT2D eigenvalue weighted by atomic mass is 9.76. The Morgan fingerprint density at radius 2 is 2.12 bits per heavy atom. The molecule has 2 saturated heterocycles. The lowest BCUT2D eigenvalue weighted by Gasteiger charge is -2.50. The molecule has 140 valence electrons. The standard InChI is InChI=1S/C18H29N3O4/c1-17(2,3)14-8-12(22)9-18(25-14)4-6-21(7-5-18)16(23)13-11-24-15(10-19)20-13/h11-12,14,22H,4-10,19H2,1-3H3/t12-,14-/m1/s1. The molecule has 1 spiro atoms. The van der Waals surface area contributed by atoms with E-state index in [1.54, 1.807) is 4.90 Å². The first-order valence-corrected chi connectivity index (χ1v) is 9.02. The summed E-state index contributed by atoms with van der Waals surface area (Å²) < 4.78 is 11.6. The number of hydrogen-bond donors (Lipinski definition) is 2. The molecular weight excluding hydrogens is 322 g/mol. The number of amides is 1. The Morgan fingerprint density at radius 3 is 2.68 bits per heavy atom. The number of ether oxygens (including phenoxy) is 1. The van der Waals surface area contributed by atoms with Gasteiger partial charge in [0.2, 0.25) is 5.89 Å². The zero-order valence-electron chi connectivity index (χ0n) is 15.3. The van der Waals surface area contributed by atoms with Crippen LogP contribution < -0.4 is 5.73 Å². The van der Waals surface area contributed by atoms with Gasteiger partial charge in [0.05, 0.1) is 24.4 Å². The lowest BCUT2D eigenvalue weighted by Crippen LogP contribution is -2.55. The molecule has 2 aliphatic rings. The van der Waals surface area contributed by atoms with Gasteiger partial charge in [-0.3, -0.25) is 4.79 Å². The van der Waals surface area contributed by atoms with Crippen molar-refractivity contribution in [1.29, 1.82) is 0 Å². The topological polar surface area (TPSA) is 102 Å². The smallest absolute Gasteiger partial charge is 0.275 e. The van der Waals surface area contributed by atoms with Gasteiger partial charge in [0.1, 0.15) is 6.26 Å². The van der Waals surface area contributed by atoms with Gasteiger partial charge in [-0.15, -0.1) is 0 Å². The number of likely N-dealkylation sites (tertiary alicyclic amines) is 1. The molecule has 3 N–H and O–H groups in total. The Hall–Kier alpha value is -1.44. The Morgan fingerprint density at radius 1 is 1.44 bits per heavy atom. The summed E-state index contributed by atoms with van der Waals surface area (Å²) in [7, 11) is 0. The van der Waals surface area contributed by atoms with Crippen molar-refractivity contribution in [2.24, 2.45) is 11.1 Å². The second-order valence-corrected chi connectivity index (χ2v) is 8.37. The van der Waals surface area contributed by atoms with Crippen LogP contribution >= 0.6 is 0 Å². The number of oxazole rings is 1. The number of nitrogens with zero attached hydrogens (tertiary/aromatic N) is 2. The molecule has 2 aliphatic heterocycles. The maximum Gasteiger partial charge on any atom is 0.275 e. The number of carbonyl (C=O) groups is 1. The van der Waals surface area contributed by atoms with Crippen LogP contribution in [-0.4, -0.2) is 51.8 Å². The zero-order chi connectivity index (χ0) is 18.2. The van der Waals surface area contributed by atoms with Gasteiger partial charge >= 0.3 is 0 Å². The molecule has 2 fully saturated rings. The highest BCUT2D eigenvalue weighted by molar-refractivity contribution is 5.92. The molecule has 0 radical (unpaired) electrons. The molecule has 3 heterocycles. The van der Waals surface area contributed by atoms with E-state index in [0.29, 0.717) is 37.5 Å². The molecule has 0 aliphatic carbocycles. The number of hydrogen-bond acceptors (Lipinski definition) is 6. The largest absolute Gasteiger partial charge is 0.447 e. The van der Waals surface area contributed by atoms with E-state index < -0.39 is 0 Å². The van der Waals surface area contributed by atoms with Crippen molar-refractivity contribution in [2.75, 3.05) is 13.1 Å². The molecule has 0 bridgehead atoms. The molecule has 7 nitrogen and oxygen atoms in total. The first-order chi connectivity index (χ1) is 11.7. The Bertz CT molecular complexity index is 614. The maximum absolute atomic E-state index is 12.6. The van der Waals surface area contributed by atoms with Crippen molar-refractivity contribution < 1.29 is 19.1 Å². The van der Waals surface area contributed by atoms with Crippen LogP contribution in [0.3, 0.4) is 0 Å². The highest BCUT2D eigenvalue weighted by atomic mass is 16.5. The SMILES string of the molecule is CC(C)(C)[C@H]1C[C@@H](O)CC2(CCN(C(=O)c3coc(CN)n3)CC2)O1. The monoisotopic (exact) mass is 351 g/mol. The van der Waals surface area contributed by atoms with Crippen molar-refractivity contribution in [3.05, 3.63) is 17.8 Å². The van der Waals surface area contributed by atoms with Crippen LogP contribution in [0, 0.1) is 5.41 Å². The van der Waals surface area contributed by atoms with Crippen LogP contribution in [0.2, 0.25) is 0 Å². The average molecular weight is 351 g/mol. The number of piperidine rings is 1. The normalized spacial score (nSPS) is 26.8. The van der Waals surface area contributed by atoms with Crippen LogP contribution in [0.1, 0.15) is 62.8 Å². The number of aliphatic hydroxyl groups is 1. The molecular formula is C18H29N3O4. The van der Waals surface area contributed by atoms with E-state index in [9.17, 15) is 9.90 Å². The summed E-state index contributed by atoms with van der Waals surface area (Å²) in [4.78, 5) is 18.4. The third kappa shape index (κ3) is 3.88. The van der Waals surface area contributed by atoms with E-state index in [0.717, 1.165) is 12.8 Å².